The molecule has 3 heterocycles. The van der Waals surface area contributed by atoms with E-state index in [0.717, 1.165) is 44.2 Å². The predicted octanol–water partition coefficient (Wildman–Crippen LogP) is 2.72. The molecule has 0 aromatic carbocycles. The number of aromatic nitrogens is 2. The molecule has 2 N–H and O–H groups in total. The molecular formula is C18H28N4O3. The van der Waals surface area contributed by atoms with Crippen LogP contribution in [0.4, 0.5) is 4.79 Å². The van der Waals surface area contributed by atoms with Crippen molar-refractivity contribution in [3.05, 3.63) is 18.0 Å². The molecule has 2 saturated heterocycles. The summed E-state index contributed by atoms with van der Waals surface area (Å²) in [5, 5.41) is 9.94. The van der Waals surface area contributed by atoms with E-state index in [-0.39, 0.29) is 24.0 Å². The third-order valence-electron chi connectivity index (χ3n) is 5.68. The lowest BCUT2D eigenvalue weighted by Crippen LogP contribution is -2.47. The van der Waals surface area contributed by atoms with Crippen molar-refractivity contribution in [2.75, 3.05) is 19.7 Å². The second-order valence-corrected chi connectivity index (χ2v) is 7.44. The molecule has 3 fully saturated rings. The van der Waals surface area contributed by atoms with Crippen molar-refractivity contribution in [1.29, 1.82) is 0 Å². The highest BCUT2D eigenvalue weighted by molar-refractivity contribution is 5.74. The average molecular weight is 348 g/mol. The molecule has 1 aliphatic carbocycles. The molecule has 25 heavy (non-hydrogen) atoms. The van der Waals surface area contributed by atoms with Crippen LogP contribution in [-0.4, -0.2) is 52.7 Å². The molecule has 2 amide bonds. The fourth-order valence-corrected chi connectivity index (χ4v) is 4.34. The second kappa shape index (κ2) is 7.33. The van der Waals surface area contributed by atoms with Gasteiger partial charge < -0.3 is 19.7 Å². The zero-order chi connectivity index (χ0) is 17.1. The number of likely N-dealkylation sites (tertiary alicyclic amines) is 1. The number of carbonyl (C=O) groups excluding carboxylic acids is 1. The van der Waals surface area contributed by atoms with Gasteiger partial charge in [0, 0.05) is 37.7 Å². The summed E-state index contributed by atoms with van der Waals surface area (Å²) in [6.07, 6.45) is 12.4. The lowest BCUT2D eigenvalue weighted by Gasteiger charge is -2.35. The van der Waals surface area contributed by atoms with E-state index in [4.69, 9.17) is 9.47 Å². The van der Waals surface area contributed by atoms with E-state index in [1.54, 1.807) is 0 Å². The molecule has 1 aromatic heterocycles. The van der Waals surface area contributed by atoms with Crippen molar-refractivity contribution in [3.63, 3.8) is 0 Å². The van der Waals surface area contributed by atoms with Gasteiger partial charge in [-0.25, -0.2) is 4.79 Å². The summed E-state index contributed by atoms with van der Waals surface area (Å²) in [4.78, 5) is 14.6. The van der Waals surface area contributed by atoms with Gasteiger partial charge in [0.05, 0.1) is 18.8 Å². The number of rotatable bonds is 3. The monoisotopic (exact) mass is 348 g/mol. The molecule has 1 saturated carbocycles. The molecule has 1 spiro atoms. The van der Waals surface area contributed by atoms with Gasteiger partial charge in [-0.3, -0.25) is 5.10 Å². The Balaban J connectivity index is 1.31. The van der Waals surface area contributed by atoms with Crippen molar-refractivity contribution in [2.45, 2.75) is 69.3 Å². The molecule has 0 radical (unpaired) electrons. The van der Waals surface area contributed by atoms with Gasteiger partial charge in [-0.1, -0.05) is 6.42 Å². The highest BCUT2D eigenvalue weighted by Crippen LogP contribution is 2.37. The van der Waals surface area contributed by atoms with Crippen molar-refractivity contribution in [1.82, 2.24) is 20.4 Å². The third kappa shape index (κ3) is 3.67. The van der Waals surface area contributed by atoms with Crippen LogP contribution in [0.3, 0.4) is 0 Å². The first-order valence-corrected chi connectivity index (χ1v) is 9.61. The van der Waals surface area contributed by atoms with Crippen molar-refractivity contribution in [3.8, 4) is 0 Å². The zero-order valence-electron chi connectivity index (χ0n) is 14.7. The van der Waals surface area contributed by atoms with Gasteiger partial charge in [0.2, 0.25) is 0 Å². The molecule has 2 aliphatic heterocycles. The number of urea groups is 1. The SMILES string of the molecule is O=C(NC[C@@H]1COC2(CCCCC2)O1)N1CCCC[C@H]1c1cn[nH]c1. The summed E-state index contributed by atoms with van der Waals surface area (Å²) in [5.74, 6) is -0.377. The number of aromatic amines is 1. The van der Waals surface area contributed by atoms with Crippen LogP contribution in [-0.2, 0) is 9.47 Å². The maximum atomic E-state index is 12.7. The zero-order valence-corrected chi connectivity index (χ0v) is 14.7. The molecule has 0 unspecified atom stereocenters. The van der Waals surface area contributed by atoms with Gasteiger partial charge in [0.25, 0.3) is 0 Å². The Morgan fingerprint density at radius 3 is 3.00 bits per heavy atom. The summed E-state index contributed by atoms with van der Waals surface area (Å²) in [6.45, 7) is 1.87. The van der Waals surface area contributed by atoms with E-state index in [0.29, 0.717) is 13.2 Å². The summed E-state index contributed by atoms with van der Waals surface area (Å²) < 4.78 is 12.1. The summed E-state index contributed by atoms with van der Waals surface area (Å²) in [5.41, 5.74) is 1.08. The summed E-state index contributed by atoms with van der Waals surface area (Å²) in [7, 11) is 0. The maximum Gasteiger partial charge on any atom is 0.318 e. The van der Waals surface area contributed by atoms with Crippen LogP contribution < -0.4 is 5.32 Å². The highest BCUT2D eigenvalue weighted by atomic mass is 16.7. The first kappa shape index (κ1) is 16.8. The lowest BCUT2D eigenvalue weighted by atomic mass is 9.94. The summed E-state index contributed by atoms with van der Waals surface area (Å²) in [6, 6.07) is 0.0945. The number of nitrogens with one attached hydrogen (secondary N) is 2. The van der Waals surface area contributed by atoms with Gasteiger partial charge in [-0.2, -0.15) is 5.10 Å². The molecule has 1 aromatic rings. The Bertz CT molecular complexity index is 571. The number of ether oxygens (including phenoxy) is 2. The van der Waals surface area contributed by atoms with Crippen LogP contribution in [0.25, 0.3) is 0 Å². The van der Waals surface area contributed by atoms with Crippen LogP contribution >= 0.6 is 0 Å². The van der Waals surface area contributed by atoms with Crippen molar-refractivity contribution in [2.24, 2.45) is 0 Å². The van der Waals surface area contributed by atoms with Crippen LogP contribution in [0.15, 0.2) is 12.4 Å². The molecular weight excluding hydrogens is 320 g/mol. The number of amides is 2. The van der Waals surface area contributed by atoms with Crippen molar-refractivity contribution >= 4 is 6.03 Å². The van der Waals surface area contributed by atoms with Crippen LogP contribution in [0.2, 0.25) is 0 Å². The van der Waals surface area contributed by atoms with E-state index in [1.165, 1.54) is 19.3 Å². The van der Waals surface area contributed by atoms with E-state index in [2.05, 4.69) is 15.5 Å². The van der Waals surface area contributed by atoms with E-state index in [9.17, 15) is 4.79 Å². The topological polar surface area (TPSA) is 79.5 Å². The standard InChI is InChI=1S/C18H28N4O3/c23-17(22-9-5-2-6-16(22)14-10-20-21-11-14)19-12-15-13-24-18(25-15)7-3-1-4-8-18/h10-11,15-16H,1-9,12-13H2,(H,19,23)(H,20,21)/t15-,16+/m1/s1. The molecule has 7 nitrogen and oxygen atoms in total. The normalized spacial score (nSPS) is 29.0. The Kier molecular flexibility index (Phi) is 4.94. The maximum absolute atomic E-state index is 12.7. The Morgan fingerprint density at radius 1 is 1.32 bits per heavy atom. The van der Waals surface area contributed by atoms with Gasteiger partial charge in [0.15, 0.2) is 5.79 Å². The fourth-order valence-electron chi connectivity index (χ4n) is 4.34. The summed E-state index contributed by atoms with van der Waals surface area (Å²) >= 11 is 0. The minimum atomic E-state index is -0.377. The van der Waals surface area contributed by atoms with E-state index < -0.39 is 0 Å². The molecule has 3 aliphatic rings. The highest BCUT2D eigenvalue weighted by Gasteiger charge is 2.42. The first-order valence-electron chi connectivity index (χ1n) is 9.61. The Morgan fingerprint density at radius 2 is 2.20 bits per heavy atom. The third-order valence-corrected chi connectivity index (χ3v) is 5.68. The van der Waals surface area contributed by atoms with Crippen LogP contribution in [0.1, 0.15) is 63.0 Å². The molecule has 0 bridgehead atoms. The largest absolute Gasteiger partial charge is 0.347 e. The number of nitrogens with zero attached hydrogens (tertiary/aromatic N) is 2. The smallest absolute Gasteiger partial charge is 0.318 e. The molecule has 2 atom stereocenters. The van der Waals surface area contributed by atoms with Crippen molar-refractivity contribution < 1.29 is 14.3 Å². The number of hydrogen-bond donors (Lipinski definition) is 2. The number of H-pyrrole nitrogens is 1. The van der Waals surface area contributed by atoms with Crippen LogP contribution in [0.5, 0.6) is 0 Å². The Labute approximate surface area is 148 Å². The minimum Gasteiger partial charge on any atom is -0.347 e. The van der Waals surface area contributed by atoms with Crippen LogP contribution in [0, 0.1) is 0 Å². The fraction of sp³-hybridized carbons (Fsp3) is 0.778. The molecule has 138 valence electrons. The Hall–Kier alpha value is -1.60. The minimum absolute atomic E-state index is 0.0147. The number of hydrogen-bond acceptors (Lipinski definition) is 4. The number of piperidine rings is 1. The van der Waals surface area contributed by atoms with E-state index >= 15 is 0 Å². The van der Waals surface area contributed by atoms with Gasteiger partial charge >= 0.3 is 6.03 Å². The quantitative estimate of drug-likeness (QED) is 0.880. The van der Waals surface area contributed by atoms with Gasteiger partial charge in [-0.15, -0.1) is 0 Å². The first-order chi connectivity index (χ1) is 12.3. The predicted molar refractivity (Wildman–Crippen MR) is 91.9 cm³/mol. The lowest BCUT2D eigenvalue weighted by molar-refractivity contribution is -0.186. The molecule has 4 rings (SSSR count). The van der Waals surface area contributed by atoms with E-state index in [1.807, 2.05) is 17.3 Å². The number of carbonyl (C=O) groups is 1. The average Bonchev–Trinajstić information content (AvgIpc) is 3.31. The van der Waals surface area contributed by atoms with Gasteiger partial charge in [0.1, 0.15) is 6.10 Å². The second-order valence-electron chi connectivity index (χ2n) is 7.44. The van der Waals surface area contributed by atoms with Gasteiger partial charge in [-0.05, 0) is 32.1 Å². The molecule has 7 heteroatoms.